The van der Waals surface area contributed by atoms with Gasteiger partial charge in [0.15, 0.2) is 5.60 Å². The average Bonchev–Trinajstić information content (AvgIpc) is 2.83. The smallest absolute Gasteiger partial charge is 0.273 e. The number of carbonyl (C=O) groups is 3. The Morgan fingerprint density at radius 3 is 2.31 bits per heavy atom. The van der Waals surface area contributed by atoms with Crippen molar-refractivity contribution in [1.29, 1.82) is 0 Å². The fourth-order valence-corrected chi connectivity index (χ4v) is 5.54. The molecule has 3 heterocycles. The summed E-state index contributed by atoms with van der Waals surface area (Å²) in [6.07, 6.45) is 2.45. The zero-order chi connectivity index (χ0) is 19.0. The molecule has 0 radical (unpaired) electrons. The van der Waals surface area contributed by atoms with Crippen LogP contribution in [0.3, 0.4) is 0 Å². The number of sulfonamides is 1. The number of piperidine rings is 1. The number of amides is 3. The summed E-state index contributed by atoms with van der Waals surface area (Å²) in [6, 6.07) is 4.75. The maximum Gasteiger partial charge on any atom is 0.273 e. The third kappa shape index (κ3) is 1.87. The zero-order valence-electron chi connectivity index (χ0n) is 14.0. The van der Waals surface area contributed by atoms with Crippen molar-refractivity contribution in [3.63, 3.8) is 0 Å². The van der Waals surface area contributed by atoms with Gasteiger partial charge in [-0.05, 0) is 25.1 Å². The van der Waals surface area contributed by atoms with Gasteiger partial charge in [-0.3, -0.25) is 19.3 Å². The topological polar surface area (TPSA) is 112 Å². The molecule has 4 atom stereocenters. The maximum atomic E-state index is 13.0. The molecule has 5 rings (SSSR count). The number of likely N-dealkylation sites (tertiary alicyclic amines) is 1. The van der Waals surface area contributed by atoms with Gasteiger partial charge in [-0.2, -0.15) is 0 Å². The summed E-state index contributed by atoms with van der Waals surface area (Å²) in [5.41, 5.74) is -1.51. The summed E-state index contributed by atoms with van der Waals surface area (Å²) < 4.78 is 26.6. The van der Waals surface area contributed by atoms with Crippen molar-refractivity contribution in [2.24, 2.45) is 11.8 Å². The van der Waals surface area contributed by atoms with Crippen molar-refractivity contribution >= 4 is 27.7 Å². The predicted octanol–water partition coefficient (Wildman–Crippen LogP) is -0.574. The molecule has 26 heavy (non-hydrogen) atoms. The normalized spacial score (nSPS) is 33.2. The van der Waals surface area contributed by atoms with Crippen molar-refractivity contribution in [2.75, 3.05) is 7.05 Å². The van der Waals surface area contributed by atoms with Crippen LogP contribution in [0.1, 0.15) is 5.56 Å². The third-order valence-electron chi connectivity index (χ3n) is 5.35. The summed E-state index contributed by atoms with van der Waals surface area (Å²) in [4.78, 5) is 38.4. The SMILES string of the molecule is Cc1ccc(S(=O)(=O)N2C(=O)[C@@]3(O)C=C[C@@H]2[C@@H]2C(=O)N(C)C(=O)[C@@H]23)cc1. The molecule has 0 spiro atoms. The Morgan fingerprint density at radius 1 is 1.08 bits per heavy atom. The van der Waals surface area contributed by atoms with E-state index in [4.69, 9.17) is 0 Å². The molecule has 3 aliphatic heterocycles. The molecular weight excluding hydrogens is 360 g/mol. The van der Waals surface area contributed by atoms with Crippen molar-refractivity contribution in [2.45, 2.75) is 23.5 Å². The summed E-state index contributed by atoms with van der Waals surface area (Å²) in [6.45, 7) is 1.79. The third-order valence-corrected chi connectivity index (χ3v) is 7.15. The number of imide groups is 1. The van der Waals surface area contributed by atoms with Gasteiger partial charge >= 0.3 is 0 Å². The fraction of sp³-hybridized carbons (Fsp3) is 0.353. The van der Waals surface area contributed by atoms with Gasteiger partial charge in [0.1, 0.15) is 0 Å². The first-order chi connectivity index (χ1) is 12.1. The minimum atomic E-state index is -4.30. The molecule has 0 unspecified atom stereocenters. The van der Waals surface area contributed by atoms with Crippen LogP contribution < -0.4 is 0 Å². The Balaban J connectivity index is 1.87. The summed E-state index contributed by atoms with van der Waals surface area (Å²) >= 11 is 0. The van der Waals surface area contributed by atoms with E-state index in [-0.39, 0.29) is 4.90 Å². The largest absolute Gasteiger partial charge is 0.375 e. The lowest BCUT2D eigenvalue weighted by Crippen LogP contribution is -2.69. The Kier molecular flexibility index (Phi) is 3.26. The molecule has 0 aromatic heterocycles. The first-order valence-corrected chi connectivity index (χ1v) is 9.43. The van der Waals surface area contributed by atoms with Gasteiger partial charge in [-0.1, -0.05) is 23.8 Å². The van der Waals surface area contributed by atoms with Gasteiger partial charge in [0.25, 0.3) is 15.9 Å². The molecule has 1 aromatic carbocycles. The van der Waals surface area contributed by atoms with Crippen molar-refractivity contribution in [3.05, 3.63) is 42.0 Å². The molecule has 4 aliphatic rings. The van der Waals surface area contributed by atoms with Crippen molar-refractivity contribution < 1.29 is 27.9 Å². The molecule has 2 bridgehead atoms. The van der Waals surface area contributed by atoms with Crippen LogP contribution in [0.15, 0.2) is 41.3 Å². The summed E-state index contributed by atoms with van der Waals surface area (Å²) in [5, 5.41) is 10.8. The monoisotopic (exact) mass is 376 g/mol. The van der Waals surface area contributed by atoms with E-state index in [1.165, 1.54) is 25.3 Å². The lowest BCUT2D eigenvalue weighted by atomic mass is 9.68. The van der Waals surface area contributed by atoms with E-state index in [0.717, 1.165) is 16.5 Å². The van der Waals surface area contributed by atoms with E-state index in [1.54, 1.807) is 19.1 Å². The standard InChI is InChI=1S/C17H16N2O6S/c1-9-3-5-10(6-4-9)26(24,25)19-11-7-8-17(23,16(19)22)13-12(11)14(20)18(2)15(13)21/h3-8,11-13,23H,1-2H3/t11-,12+,13-,17-/m1/s1. The van der Waals surface area contributed by atoms with Crippen LogP contribution in [0.2, 0.25) is 0 Å². The highest BCUT2D eigenvalue weighted by atomic mass is 32.2. The van der Waals surface area contributed by atoms with Gasteiger partial charge in [0.05, 0.1) is 22.8 Å². The molecule has 2 saturated heterocycles. The van der Waals surface area contributed by atoms with Crippen LogP contribution in [0.5, 0.6) is 0 Å². The average molecular weight is 376 g/mol. The van der Waals surface area contributed by atoms with Gasteiger partial charge in [-0.25, -0.2) is 12.7 Å². The number of hydrogen-bond donors (Lipinski definition) is 1. The van der Waals surface area contributed by atoms with E-state index in [9.17, 15) is 27.9 Å². The Labute approximate surface area is 149 Å². The van der Waals surface area contributed by atoms with Crippen LogP contribution >= 0.6 is 0 Å². The van der Waals surface area contributed by atoms with E-state index in [0.29, 0.717) is 4.31 Å². The number of benzene rings is 1. The molecule has 8 nitrogen and oxygen atoms in total. The highest BCUT2D eigenvalue weighted by molar-refractivity contribution is 7.89. The number of nitrogens with zero attached hydrogens (tertiary/aromatic N) is 2. The van der Waals surface area contributed by atoms with Crippen LogP contribution in [-0.2, 0) is 24.4 Å². The summed E-state index contributed by atoms with van der Waals surface area (Å²) in [5.74, 6) is -4.82. The maximum absolute atomic E-state index is 13.0. The minimum Gasteiger partial charge on any atom is -0.375 e. The first kappa shape index (κ1) is 16.9. The lowest BCUT2D eigenvalue weighted by molar-refractivity contribution is -0.165. The van der Waals surface area contributed by atoms with Gasteiger partial charge in [-0.15, -0.1) is 0 Å². The highest BCUT2D eigenvalue weighted by Crippen LogP contribution is 2.49. The zero-order valence-corrected chi connectivity index (χ0v) is 14.8. The van der Waals surface area contributed by atoms with E-state index in [2.05, 4.69) is 0 Å². The number of fused-ring (bicyclic) bond motifs is 1. The van der Waals surface area contributed by atoms with E-state index >= 15 is 0 Å². The Hall–Kier alpha value is -2.52. The van der Waals surface area contributed by atoms with E-state index < -0.39 is 51.2 Å². The van der Waals surface area contributed by atoms with Gasteiger partial charge in [0.2, 0.25) is 11.8 Å². The Bertz CT molecular complexity index is 983. The van der Waals surface area contributed by atoms with Crippen LogP contribution in [0.4, 0.5) is 0 Å². The summed E-state index contributed by atoms with van der Waals surface area (Å²) in [7, 11) is -3.04. The number of rotatable bonds is 2. The van der Waals surface area contributed by atoms with E-state index in [1.807, 2.05) is 0 Å². The molecule has 9 heteroatoms. The number of hydrogen-bond acceptors (Lipinski definition) is 6. The second-order valence-corrected chi connectivity index (χ2v) is 8.65. The number of aryl methyl sites for hydroxylation is 1. The molecule has 0 saturated carbocycles. The lowest BCUT2D eigenvalue weighted by Gasteiger charge is -2.48. The van der Waals surface area contributed by atoms with Crippen LogP contribution in [-0.4, -0.2) is 59.1 Å². The number of aliphatic hydroxyl groups is 1. The van der Waals surface area contributed by atoms with Gasteiger partial charge < -0.3 is 5.11 Å². The molecule has 3 amide bonds. The van der Waals surface area contributed by atoms with Crippen LogP contribution in [0.25, 0.3) is 0 Å². The fourth-order valence-electron chi connectivity index (χ4n) is 3.94. The predicted molar refractivity (Wildman–Crippen MR) is 87.8 cm³/mol. The molecule has 2 fully saturated rings. The molecule has 136 valence electrons. The molecule has 1 aromatic rings. The van der Waals surface area contributed by atoms with Crippen molar-refractivity contribution in [3.8, 4) is 0 Å². The second-order valence-electron chi connectivity index (χ2n) is 6.83. The van der Waals surface area contributed by atoms with Crippen LogP contribution in [0, 0.1) is 18.8 Å². The number of carbonyl (C=O) groups excluding carboxylic acids is 3. The second kappa shape index (κ2) is 5.01. The first-order valence-electron chi connectivity index (χ1n) is 7.99. The molecule has 1 aliphatic carbocycles. The Morgan fingerprint density at radius 2 is 1.69 bits per heavy atom. The quantitative estimate of drug-likeness (QED) is 0.546. The molecule has 1 N–H and O–H groups in total. The van der Waals surface area contributed by atoms with Gasteiger partial charge in [0, 0.05) is 7.05 Å². The van der Waals surface area contributed by atoms with Crippen molar-refractivity contribution in [1.82, 2.24) is 9.21 Å². The molecular formula is C17H16N2O6S. The highest BCUT2D eigenvalue weighted by Gasteiger charge is 2.69. The minimum absolute atomic E-state index is 0.123.